The van der Waals surface area contributed by atoms with Gasteiger partial charge in [-0.15, -0.1) is 0 Å². The lowest BCUT2D eigenvalue weighted by atomic mass is 10.2. The number of carbonyl (C=O) groups excluding carboxylic acids is 1. The van der Waals surface area contributed by atoms with Crippen molar-refractivity contribution in [1.82, 2.24) is 14.8 Å². The highest BCUT2D eigenvalue weighted by atomic mass is 16.6. The first-order chi connectivity index (χ1) is 14.4. The molecule has 4 rings (SSSR count). The largest absolute Gasteiger partial charge is 0.487 e. The Morgan fingerprint density at radius 2 is 2.10 bits per heavy atom. The lowest BCUT2D eigenvalue weighted by molar-refractivity contribution is 0.0636. The summed E-state index contributed by atoms with van der Waals surface area (Å²) in [6.45, 7) is 6.49. The Balaban J connectivity index is 1.35. The molecule has 1 fully saturated rings. The van der Waals surface area contributed by atoms with Gasteiger partial charge in [-0.05, 0) is 56.7 Å². The number of carbonyl (C=O) groups is 1. The van der Waals surface area contributed by atoms with Crippen LogP contribution in [0.3, 0.4) is 0 Å². The number of epoxide rings is 1. The van der Waals surface area contributed by atoms with Crippen LogP contribution in [0.1, 0.15) is 32.6 Å². The minimum absolute atomic E-state index is 0.00860. The molecule has 3 aromatic rings. The Bertz CT molecular complexity index is 1020. The van der Waals surface area contributed by atoms with Crippen molar-refractivity contribution < 1.29 is 19.0 Å². The Hall–Kier alpha value is -3.39. The van der Waals surface area contributed by atoms with Gasteiger partial charge in [0.25, 0.3) is 0 Å². The number of nitrogens with zero attached hydrogens (tertiary/aromatic N) is 3. The fourth-order valence-electron chi connectivity index (χ4n) is 2.87. The fraction of sp³-hybridized carbons (Fsp3) is 0.318. The Morgan fingerprint density at radius 1 is 1.27 bits per heavy atom. The zero-order chi connectivity index (χ0) is 21.1. The van der Waals surface area contributed by atoms with Gasteiger partial charge in [-0.1, -0.05) is 12.1 Å². The molecule has 0 spiro atoms. The van der Waals surface area contributed by atoms with Crippen LogP contribution in [0.2, 0.25) is 0 Å². The van der Waals surface area contributed by atoms with Crippen molar-refractivity contribution in [3.63, 3.8) is 0 Å². The maximum Gasteiger partial charge on any atom is 0.412 e. The first-order valence-electron chi connectivity index (χ1n) is 9.71. The van der Waals surface area contributed by atoms with Gasteiger partial charge in [0.2, 0.25) is 0 Å². The number of hydrogen-bond acceptors (Lipinski definition) is 6. The van der Waals surface area contributed by atoms with Gasteiger partial charge in [-0.25, -0.2) is 9.48 Å². The van der Waals surface area contributed by atoms with Crippen molar-refractivity contribution in [3.05, 3.63) is 60.4 Å². The second kappa shape index (κ2) is 8.16. The van der Waals surface area contributed by atoms with Gasteiger partial charge in [-0.3, -0.25) is 10.3 Å². The molecule has 1 aromatic carbocycles. The molecule has 1 atom stereocenters. The van der Waals surface area contributed by atoms with Crippen LogP contribution in [0.5, 0.6) is 5.75 Å². The lowest BCUT2D eigenvalue weighted by Gasteiger charge is -2.19. The van der Waals surface area contributed by atoms with E-state index in [1.807, 2.05) is 61.9 Å². The first kappa shape index (κ1) is 19.9. The summed E-state index contributed by atoms with van der Waals surface area (Å²) in [7, 11) is 0. The van der Waals surface area contributed by atoms with E-state index >= 15 is 0 Å². The van der Waals surface area contributed by atoms with Crippen molar-refractivity contribution >= 4 is 11.8 Å². The van der Waals surface area contributed by atoms with Crippen molar-refractivity contribution in [3.8, 4) is 17.1 Å². The van der Waals surface area contributed by atoms with Gasteiger partial charge in [0.15, 0.2) is 6.23 Å². The van der Waals surface area contributed by atoms with Crippen molar-refractivity contribution in [2.45, 2.75) is 39.2 Å². The quantitative estimate of drug-likeness (QED) is 0.608. The third-order valence-corrected chi connectivity index (χ3v) is 4.24. The molecule has 1 saturated heterocycles. The number of anilines is 1. The van der Waals surface area contributed by atoms with E-state index in [-0.39, 0.29) is 6.23 Å². The highest BCUT2D eigenvalue weighted by molar-refractivity contribution is 5.84. The minimum Gasteiger partial charge on any atom is -0.487 e. The van der Waals surface area contributed by atoms with E-state index in [2.05, 4.69) is 15.4 Å². The molecule has 156 valence electrons. The van der Waals surface area contributed by atoms with Crippen LogP contribution in [-0.4, -0.2) is 33.1 Å². The summed E-state index contributed by atoms with van der Waals surface area (Å²) in [5.41, 5.74) is 2.72. The second-order valence-electron chi connectivity index (χ2n) is 7.94. The van der Waals surface area contributed by atoms with Crippen LogP contribution in [0.15, 0.2) is 54.9 Å². The molecule has 2 aromatic heterocycles. The second-order valence-corrected chi connectivity index (χ2v) is 7.94. The molecule has 0 radical (unpaired) electrons. The van der Waals surface area contributed by atoms with Gasteiger partial charge in [0.05, 0.1) is 24.2 Å². The number of rotatable bonds is 6. The highest BCUT2D eigenvalue weighted by Crippen LogP contribution is 2.29. The van der Waals surface area contributed by atoms with Gasteiger partial charge in [0.1, 0.15) is 18.0 Å². The Labute approximate surface area is 174 Å². The molecule has 1 amide bonds. The topological polar surface area (TPSA) is 90.8 Å². The average molecular weight is 408 g/mol. The third-order valence-electron chi connectivity index (χ3n) is 4.24. The monoisotopic (exact) mass is 408 g/mol. The third kappa shape index (κ3) is 5.15. The van der Waals surface area contributed by atoms with Crippen LogP contribution in [0.4, 0.5) is 10.5 Å². The molecule has 30 heavy (non-hydrogen) atoms. The maximum absolute atomic E-state index is 11.9. The number of benzene rings is 1. The van der Waals surface area contributed by atoms with Gasteiger partial charge in [-0.2, -0.15) is 5.10 Å². The van der Waals surface area contributed by atoms with E-state index in [0.717, 1.165) is 17.0 Å². The van der Waals surface area contributed by atoms with Gasteiger partial charge in [0, 0.05) is 11.9 Å². The van der Waals surface area contributed by atoms with Crippen LogP contribution < -0.4 is 10.1 Å². The number of pyridine rings is 1. The van der Waals surface area contributed by atoms with E-state index < -0.39 is 11.7 Å². The van der Waals surface area contributed by atoms with E-state index in [9.17, 15) is 4.79 Å². The zero-order valence-corrected chi connectivity index (χ0v) is 17.2. The van der Waals surface area contributed by atoms with Gasteiger partial charge >= 0.3 is 6.09 Å². The molecule has 8 heteroatoms. The molecule has 8 nitrogen and oxygen atoms in total. The van der Waals surface area contributed by atoms with E-state index in [1.165, 1.54) is 0 Å². The first-order valence-corrected chi connectivity index (χ1v) is 9.71. The lowest BCUT2D eigenvalue weighted by Crippen LogP contribution is -2.27. The van der Waals surface area contributed by atoms with Crippen molar-refractivity contribution in [2.75, 3.05) is 11.9 Å². The molecule has 0 bridgehead atoms. The smallest absolute Gasteiger partial charge is 0.412 e. The molecule has 3 heterocycles. The van der Waals surface area contributed by atoms with E-state index in [0.29, 0.717) is 24.7 Å². The normalized spacial score (nSPS) is 15.5. The number of amides is 1. The van der Waals surface area contributed by atoms with Crippen LogP contribution >= 0.6 is 0 Å². The Morgan fingerprint density at radius 3 is 2.80 bits per heavy atom. The van der Waals surface area contributed by atoms with Crippen molar-refractivity contribution in [2.24, 2.45) is 0 Å². The summed E-state index contributed by atoms with van der Waals surface area (Å²) >= 11 is 0. The van der Waals surface area contributed by atoms with Crippen LogP contribution in [-0.2, 0) is 16.1 Å². The predicted molar refractivity (Wildman–Crippen MR) is 111 cm³/mol. The number of hydrogen-bond donors (Lipinski definition) is 1. The summed E-state index contributed by atoms with van der Waals surface area (Å²) in [6.07, 6.45) is 2.94. The molecule has 1 aliphatic rings. The van der Waals surface area contributed by atoms with E-state index in [4.69, 9.17) is 14.2 Å². The maximum atomic E-state index is 11.9. The van der Waals surface area contributed by atoms with Crippen LogP contribution in [0, 0.1) is 0 Å². The summed E-state index contributed by atoms with van der Waals surface area (Å²) in [5, 5.41) is 7.01. The number of ether oxygens (including phenoxy) is 3. The Kier molecular flexibility index (Phi) is 5.41. The molecule has 0 saturated carbocycles. The van der Waals surface area contributed by atoms with Gasteiger partial charge < -0.3 is 14.2 Å². The standard InChI is InChI=1S/C22H24N4O4/c1-22(2,3)30-21(27)25-16-6-4-5-15(11-16)13-28-17-7-8-18(23-12-17)19-9-10-24-26(19)20-14-29-20/h4-12,20H,13-14H2,1-3H3,(H,25,27). The molecule has 1 N–H and O–H groups in total. The molecule has 1 aliphatic heterocycles. The molecular weight excluding hydrogens is 384 g/mol. The summed E-state index contributed by atoms with van der Waals surface area (Å²) in [6, 6.07) is 13.1. The summed E-state index contributed by atoms with van der Waals surface area (Å²) < 4.78 is 18.2. The molecular formula is C22H24N4O4. The highest BCUT2D eigenvalue weighted by Gasteiger charge is 2.28. The SMILES string of the molecule is CC(C)(C)OC(=O)Nc1cccc(COc2ccc(-c3ccnn3C3CO3)nc2)c1. The fourth-order valence-corrected chi connectivity index (χ4v) is 2.87. The van der Waals surface area contributed by atoms with Crippen molar-refractivity contribution in [1.29, 1.82) is 0 Å². The van der Waals surface area contributed by atoms with Crippen LogP contribution in [0.25, 0.3) is 11.4 Å². The number of nitrogens with one attached hydrogen (secondary N) is 1. The summed E-state index contributed by atoms with van der Waals surface area (Å²) in [5.74, 6) is 0.651. The number of aromatic nitrogens is 3. The molecule has 0 aliphatic carbocycles. The zero-order valence-electron chi connectivity index (χ0n) is 17.2. The summed E-state index contributed by atoms with van der Waals surface area (Å²) in [4.78, 5) is 16.4. The molecule has 1 unspecified atom stereocenters. The van der Waals surface area contributed by atoms with E-state index in [1.54, 1.807) is 18.5 Å². The average Bonchev–Trinajstić information content (AvgIpc) is 3.42. The minimum atomic E-state index is -0.548. The predicted octanol–water partition coefficient (Wildman–Crippen LogP) is 4.40.